The molecule has 8 N–H and O–H groups in total. The highest BCUT2D eigenvalue weighted by Gasteiger charge is 2.38. The average molecular weight is 602 g/mol. The molecule has 230 valence electrons. The van der Waals surface area contributed by atoms with E-state index in [1.807, 2.05) is 24.3 Å². The van der Waals surface area contributed by atoms with Crippen molar-refractivity contribution in [1.82, 2.24) is 30.5 Å². The lowest BCUT2D eigenvalue weighted by atomic mass is 10.0. The van der Waals surface area contributed by atoms with Crippen molar-refractivity contribution in [1.29, 1.82) is 0 Å². The molecule has 4 atom stereocenters. The molecule has 5 rings (SSSR count). The van der Waals surface area contributed by atoms with Crippen LogP contribution in [0.15, 0.2) is 67.3 Å². The number of hydrogen-bond donors (Lipinski definition) is 7. The number of phenolic OH excluding ortho intramolecular Hbond substituents is 1. The zero-order chi connectivity index (χ0) is 31.2. The number of H-pyrrole nitrogens is 2. The van der Waals surface area contributed by atoms with Gasteiger partial charge in [0.2, 0.25) is 17.7 Å². The van der Waals surface area contributed by atoms with Crippen LogP contribution in [0, 0.1) is 0 Å². The summed E-state index contributed by atoms with van der Waals surface area (Å²) in [5.74, 6) is -2.72. The van der Waals surface area contributed by atoms with Crippen molar-refractivity contribution in [3.63, 3.8) is 0 Å². The smallest absolute Gasteiger partial charge is 0.326 e. The number of imidazole rings is 1. The minimum absolute atomic E-state index is 0.0258. The van der Waals surface area contributed by atoms with Gasteiger partial charge in [-0.1, -0.05) is 30.3 Å². The third-order valence-corrected chi connectivity index (χ3v) is 7.87. The molecule has 2 aromatic heterocycles. The van der Waals surface area contributed by atoms with Crippen LogP contribution in [0.5, 0.6) is 5.75 Å². The zero-order valence-electron chi connectivity index (χ0n) is 23.9. The van der Waals surface area contributed by atoms with Crippen LogP contribution in [0.25, 0.3) is 10.9 Å². The Morgan fingerprint density at radius 3 is 2.50 bits per heavy atom. The molecule has 0 radical (unpaired) electrons. The molecule has 1 fully saturated rings. The molecule has 4 unspecified atom stereocenters. The Morgan fingerprint density at radius 2 is 1.77 bits per heavy atom. The topological polar surface area (TPSA) is 207 Å². The fourth-order valence-corrected chi connectivity index (χ4v) is 5.58. The van der Waals surface area contributed by atoms with Gasteiger partial charge in [-0.05, 0) is 48.6 Å². The summed E-state index contributed by atoms with van der Waals surface area (Å²) in [6.45, 7) is 0.337. The number of likely N-dealkylation sites (tertiary alicyclic amines) is 1. The average Bonchev–Trinajstić information content (AvgIpc) is 3.79. The van der Waals surface area contributed by atoms with Gasteiger partial charge in [-0.25, -0.2) is 9.78 Å². The normalized spacial score (nSPS) is 16.8. The van der Waals surface area contributed by atoms with E-state index in [2.05, 4.69) is 25.6 Å². The summed E-state index contributed by atoms with van der Waals surface area (Å²) in [4.78, 5) is 64.0. The number of amides is 3. The van der Waals surface area contributed by atoms with E-state index in [4.69, 9.17) is 5.73 Å². The number of aromatic nitrogens is 3. The Hall–Kier alpha value is -5.17. The lowest BCUT2D eigenvalue weighted by Gasteiger charge is -2.28. The van der Waals surface area contributed by atoms with E-state index >= 15 is 0 Å². The lowest BCUT2D eigenvalue weighted by molar-refractivity contribution is -0.143. The number of nitrogens with one attached hydrogen (secondary N) is 4. The maximum atomic E-state index is 13.5. The predicted octanol–water partition coefficient (Wildman–Crippen LogP) is 0.997. The summed E-state index contributed by atoms with van der Waals surface area (Å²) < 4.78 is 0. The Bertz CT molecular complexity index is 1620. The highest BCUT2D eigenvalue weighted by atomic mass is 16.4. The Balaban J connectivity index is 1.28. The number of fused-ring (bicyclic) bond motifs is 1. The van der Waals surface area contributed by atoms with Crippen molar-refractivity contribution < 1.29 is 29.4 Å². The molecule has 44 heavy (non-hydrogen) atoms. The first-order valence-electron chi connectivity index (χ1n) is 14.4. The van der Waals surface area contributed by atoms with Crippen molar-refractivity contribution >= 4 is 34.6 Å². The first kappa shape index (κ1) is 30.3. The van der Waals surface area contributed by atoms with E-state index in [9.17, 15) is 29.4 Å². The van der Waals surface area contributed by atoms with Gasteiger partial charge in [0, 0.05) is 48.4 Å². The summed E-state index contributed by atoms with van der Waals surface area (Å²) >= 11 is 0. The van der Waals surface area contributed by atoms with Gasteiger partial charge in [-0.15, -0.1) is 0 Å². The van der Waals surface area contributed by atoms with E-state index < -0.39 is 47.9 Å². The van der Waals surface area contributed by atoms with E-state index in [1.165, 1.54) is 29.6 Å². The third-order valence-electron chi connectivity index (χ3n) is 7.87. The van der Waals surface area contributed by atoms with Crippen LogP contribution in [-0.4, -0.2) is 84.5 Å². The van der Waals surface area contributed by atoms with Gasteiger partial charge in [0.15, 0.2) is 0 Å². The van der Waals surface area contributed by atoms with Crippen molar-refractivity contribution in [2.24, 2.45) is 5.73 Å². The maximum absolute atomic E-state index is 13.5. The number of hydrogen-bond acceptors (Lipinski definition) is 7. The van der Waals surface area contributed by atoms with Crippen LogP contribution in [0.3, 0.4) is 0 Å². The van der Waals surface area contributed by atoms with Crippen LogP contribution < -0.4 is 16.4 Å². The summed E-state index contributed by atoms with van der Waals surface area (Å²) in [7, 11) is 0. The Labute approximate surface area is 252 Å². The molecule has 13 heteroatoms. The van der Waals surface area contributed by atoms with Crippen LogP contribution in [0.2, 0.25) is 0 Å². The summed E-state index contributed by atoms with van der Waals surface area (Å²) in [5.41, 5.74) is 9.12. The van der Waals surface area contributed by atoms with Crippen molar-refractivity contribution in [2.45, 2.75) is 56.3 Å². The molecule has 13 nitrogen and oxygen atoms in total. The zero-order valence-corrected chi connectivity index (χ0v) is 23.9. The Kier molecular flexibility index (Phi) is 9.24. The molecule has 0 spiro atoms. The number of aromatic hydroxyl groups is 1. The van der Waals surface area contributed by atoms with Gasteiger partial charge in [-0.3, -0.25) is 14.4 Å². The van der Waals surface area contributed by atoms with Gasteiger partial charge in [0.05, 0.1) is 12.4 Å². The van der Waals surface area contributed by atoms with Gasteiger partial charge in [0.25, 0.3) is 0 Å². The number of aliphatic carboxylic acids is 1. The number of para-hydroxylation sites is 1. The largest absolute Gasteiger partial charge is 0.508 e. The van der Waals surface area contributed by atoms with E-state index in [1.54, 1.807) is 18.3 Å². The molecule has 1 saturated heterocycles. The molecule has 1 aliphatic rings. The van der Waals surface area contributed by atoms with E-state index in [-0.39, 0.29) is 25.0 Å². The van der Waals surface area contributed by atoms with Gasteiger partial charge in [0.1, 0.15) is 23.9 Å². The van der Waals surface area contributed by atoms with Crippen LogP contribution in [0.4, 0.5) is 0 Å². The molecule has 2 aromatic carbocycles. The third kappa shape index (κ3) is 7.06. The monoisotopic (exact) mass is 601 g/mol. The number of aromatic amines is 2. The number of benzene rings is 2. The molecule has 0 saturated carbocycles. The highest BCUT2D eigenvalue weighted by molar-refractivity contribution is 5.95. The summed E-state index contributed by atoms with van der Waals surface area (Å²) in [6.07, 6.45) is 5.92. The molecule has 4 aromatic rings. The Morgan fingerprint density at radius 1 is 1.00 bits per heavy atom. The number of rotatable bonds is 12. The van der Waals surface area contributed by atoms with E-state index in [0.29, 0.717) is 25.1 Å². The van der Waals surface area contributed by atoms with Crippen LogP contribution in [-0.2, 0) is 38.4 Å². The molecular formula is C31H35N7O6. The predicted molar refractivity (Wildman–Crippen MR) is 160 cm³/mol. The quantitative estimate of drug-likeness (QED) is 0.124. The summed E-state index contributed by atoms with van der Waals surface area (Å²) in [6, 6.07) is 9.69. The molecular weight excluding hydrogens is 566 g/mol. The molecule has 3 heterocycles. The molecule has 0 bridgehead atoms. The van der Waals surface area contributed by atoms with Crippen LogP contribution >= 0.6 is 0 Å². The fourth-order valence-electron chi connectivity index (χ4n) is 5.58. The molecule has 1 aliphatic heterocycles. The second-order valence-corrected chi connectivity index (χ2v) is 11.0. The second-order valence-electron chi connectivity index (χ2n) is 11.0. The van der Waals surface area contributed by atoms with Crippen molar-refractivity contribution in [3.8, 4) is 5.75 Å². The first-order valence-corrected chi connectivity index (χ1v) is 14.4. The summed E-state index contributed by atoms with van der Waals surface area (Å²) in [5, 5.41) is 25.7. The van der Waals surface area contributed by atoms with Gasteiger partial charge >= 0.3 is 5.97 Å². The highest BCUT2D eigenvalue weighted by Crippen LogP contribution is 2.21. The molecule has 3 amide bonds. The van der Waals surface area contributed by atoms with Crippen molar-refractivity contribution in [3.05, 3.63) is 84.1 Å². The second kappa shape index (κ2) is 13.4. The first-order chi connectivity index (χ1) is 21.2. The minimum atomic E-state index is -1.26. The number of nitrogens with zero attached hydrogens (tertiary/aromatic N) is 2. The fraction of sp³-hybridized carbons (Fsp3) is 0.323. The van der Waals surface area contributed by atoms with Crippen LogP contribution in [0.1, 0.15) is 29.7 Å². The number of carboxylic acids is 1. The van der Waals surface area contributed by atoms with Gasteiger partial charge in [-0.2, -0.15) is 0 Å². The molecule has 0 aliphatic carbocycles. The number of carbonyl (C=O) groups excluding carboxylic acids is 3. The number of nitrogens with two attached hydrogens (primary N) is 1. The van der Waals surface area contributed by atoms with E-state index in [0.717, 1.165) is 22.0 Å². The number of phenols is 1. The number of carbonyl (C=O) groups is 4. The SMILES string of the molecule is NC(Cc1ccc(O)cc1)C(=O)N1CCCC1C(=O)NC(Cc1cnc[nH]1)C(=O)NC(Cc1c[nH]c2ccccc12)C(=O)O. The maximum Gasteiger partial charge on any atom is 0.326 e. The minimum Gasteiger partial charge on any atom is -0.508 e. The number of carboxylic acid groups (broad SMARTS) is 1. The standard InChI is InChI=1S/C31H35N7O6/c32-23(12-18-7-9-21(39)10-8-18)30(42)38-11-3-6-27(38)29(41)36-25(14-20-16-33-17-35-20)28(40)37-26(31(43)44)13-19-15-34-24-5-2-1-4-22(19)24/h1-2,4-5,7-10,15-17,23,25-27,34,39H,3,6,11-14,32H2,(H,33,35)(H,36,41)(H,37,40)(H,43,44). The van der Waals surface area contributed by atoms with Crippen molar-refractivity contribution in [2.75, 3.05) is 6.54 Å². The van der Waals surface area contributed by atoms with Gasteiger partial charge < -0.3 is 41.4 Å². The lowest BCUT2D eigenvalue weighted by Crippen LogP contribution is -2.57.